The normalized spacial score (nSPS) is 10.6. The molecule has 0 aliphatic rings. The Morgan fingerprint density at radius 2 is 1.95 bits per heavy atom. The van der Waals surface area contributed by atoms with Crippen LogP contribution in [-0.4, -0.2) is 21.0 Å². The lowest BCUT2D eigenvalue weighted by Gasteiger charge is -2.03. The van der Waals surface area contributed by atoms with Crippen LogP contribution in [-0.2, 0) is 0 Å². The molecule has 0 aliphatic carbocycles. The zero-order valence-corrected chi connectivity index (χ0v) is 11.0. The van der Waals surface area contributed by atoms with Crippen molar-refractivity contribution in [3.63, 3.8) is 0 Å². The maximum atomic E-state index is 12.8. The van der Waals surface area contributed by atoms with E-state index in [1.165, 1.54) is 42.5 Å². The molecule has 0 unspecified atom stereocenters. The summed E-state index contributed by atoms with van der Waals surface area (Å²) in [5.41, 5.74) is 0.801. The minimum atomic E-state index is -0.548. The van der Waals surface area contributed by atoms with E-state index in [-0.39, 0.29) is 11.4 Å². The van der Waals surface area contributed by atoms with Gasteiger partial charge >= 0.3 is 0 Å². The highest BCUT2D eigenvalue weighted by molar-refractivity contribution is 6.11. The van der Waals surface area contributed by atoms with Crippen LogP contribution in [0.5, 0.6) is 0 Å². The Morgan fingerprint density at radius 1 is 1.23 bits per heavy atom. The summed E-state index contributed by atoms with van der Waals surface area (Å²) < 4.78 is 12.8. The van der Waals surface area contributed by atoms with Crippen molar-refractivity contribution in [2.75, 3.05) is 5.32 Å². The summed E-state index contributed by atoms with van der Waals surface area (Å²) in [6.07, 6.45) is 0. The van der Waals surface area contributed by atoms with Crippen molar-refractivity contribution in [3.05, 3.63) is 64.1 Å². The molecule has 0 radical (unpaired) electrons. The van der Waals surface area contributed by atoms with Crippen LogP contribution in [0.25, 0.3) is 10.9 Å². The van der Waals surface area contributed by atoms with E-state index in [1.807, 2.05) is 0 Å². The lowest BCUT2D eigenvalue weighted by atomic mass is 10.2. The molecule has 3 aromatic rings. The topological polar surface area (TPSA) is 101 Å². The van der Waals surface area contributed by atoms with Crippen LogP contribution in [0.2, 0.25) is 0 Å². The largest absolute Gasteiger partial charge is 0.321 e. The van der Waals surface area contributed by atoms with Gasteiger partial charge in [0.25, 0.3) is 11.6 Å². The third-order valence-electron chi connectivity index (χ3n) is 3.07. The zero-order chi connectivity index (χ0) is 15.7. The van der Waals surface area contributed by atoms with Crippen molar-refractivity contribution in [1.82, 2.24) is 10.2 Å². The molecule has 22 heavy (non-hydrogen) atoms. The average Bonchev–Trinajstić information content (AvgIpc) is 2.92. The molecule has 0 fully saturated rings. The van der Waals surface area contributed by atoms with Gasteiger partial charge in [-0.1, -0.05) is 0 Å². The predicted octanol–water partition coefficient (Wildman–Crippen LogP) is 2.86. The van der Waals surface area contributed by atoms with Gasteiger partial charge in [0, 0.05) is 23.2 Å². The molecule has 2 aromatic carbocycles. The van der Waals surface area contributed by atoms with Crippen molar-refractivity contribution in [2.45, 2.75) is 0 Å². The van der Waals surface area contributed by atoms with Gasteiger partial charge in [0.1, 0.15) is 5.82 Å². The Kier molecular flexibility index (Phi) is 3.26. The number of aromatic nitrogens is 2. The highest BCUT2D eigenvalue weighted by Gasteiger charge is 2.17. The number of aromatic amines is 1. The number of anilines is 1. The standard InChI is InChI=1S/C14H9FN4O3/c15-8-1-3-9(4-2-8)16-14(20)13-11-7-10(19(21)22)5-6-12(11)17-18-13/h1-7H,(H,16,20)(H,17,18). The second-order valence-electron chi connectivity index (χ2n) is 4.52. The number of halogens is 1. The number of hydrogen-bond acceptors (Lipinski definition) is 4. The van der Waals surface area contributed by atoms with E-state index in [0.717, 1.165) is 0 Å². The summed E-state index contributed by atoms with van der Waals surface area (Å²) >= 11 is 0. The first-order valence-corrected chi connectivity index (χ1v) is 6.24. The lowest BCUT2D eigenvalue weighted by Crippen LogP contribution is -2.12. The number of carbonyl (C=O) groups excluding carboxylic acids is 1. The van der Waals surface area contributed by atoms with Crippen molar-refractivity contribution >= 4 is 28.2 Å². The van der Waals surface area contributed by atoms with Gasteiger partial charge in [-0.15, -0.1) is 0 Å². The van der Waals surface area contributed by atoms with E-state index in [9.17, 15) is 19.3 Å². The number of carbonyl (C=O) groups is 1. The summed E-state index contributed by atoms with van der Waals surface area (Å²) in [7, 11) is 0. The number of nitrogens with one attached hydrogen (secondary N) is 2. The van der Waals surface area contributed by atoms with Crippen molar-refractivity contribution in [1.29, 1.82) is 0 Å². The van der Waals surface area contributed by atoms with Crippen LogP contribution in [0.15, 0.2) is 42.5 Å². The van der Waals surface area contributed by atoms with Gasteiger partial charge in [-0.2, -0.15) is 5.10 Å². The highest BCUT2D eigenvalue weighted by Crippen LogP contribution is 2.22. The maximum absolute atomic E-state index is 12.8. The average molecular weight is 300 g/mol. The molecular weight excluding hydrogens is 291 g/mol. The fourth-order valence-electron chi connectivity index (χ4n) is 2.01. The molecule has 7 nitrogen and oxygen atoms in total. The number of non-ortho nitro benzene ring substituents is 1. The van der Waals surface area contributed by atoms with E-state index >= 15 is 0 Å². The van der Waals surface area contributed by atoms with E-state index in [2.05, 4.69) is 15.5 Å². The highest BCUT2D eigenvalue weighted by atomic mass is 19.1. The second kappa shape index (κ2) is 5.24. The Balaban J connectivity index is 1.95. The molecule has 0 saturated heterocycles. The van der Waals surface area contributed by atoms with Gasteiger partial charge in [0.15, 0.2) is 5.69 Å². The summed E-state index contributed by atoms with van der Waals surface area (Å²) in [4.78, 5) is 22.5. The molecular formula is C14H9FN4O3. The molecule has 0 aliphatic heterocycles. The smallest absolute Gasteiger partial charge is 0.276 e. The number of benzene rings is 2. The van der Waals surface area contributed by atoms with Crippen LogP contribution >= 0.6 is 0 Å². The van der Waals surface area contributed by atoms with Crippen molar-refractivity contribution in [3.8, 4) is 0 Å². The van der Waals surface area contributed by atoms with Crippen LogP contribution in [0, 0.1) is 15.9 Å². The van der Waals surface area contributed by atoms with E-state index in [0.29, 0.717) is 16.6 Å². The van der Waals surface area contributed by atoms with E-state index in [1.54, 1.807) is 0 Å². The summed E-state index contributed by atoms with van der Waals surface area (Å²) in [5, 5.41) is 20.2. The number of nitro groups is 1. The lowest BCUT2D eigenvalue weighted by molar-refractivity contribution is -0.384. The summed E-state index contributed by atoms with van der Waals surface area (Å²) in [6, 6.07) is 9.32. The molecule has 1 heterocycles. The van der Waals surface area contributed by atoms with Gasteiger partial charge in [-0.25, -0.2) is 4.39 Å². The number of nitrogens with zero attached hydrogens (tertiary/aromatic N) is 2. The first-order valence-electron chi connectivity index (χ1n) is 6.24. The van der Waals surface area contributed by atoms with Crippen LogP contribution in [0.4, 0.5) is 15.8 Å². The molecule has 8 heteroatoms. The van der Waals surface area contributed by atoms with Crippen LogP contribution < -0.4 is 5.32 Å². The first-order chi connectivity index (χ1) is 10.5. The molecule has 0 atom stereocenters. The summed E-state index contributed by atoms with van der Waals surface area (Å²) in [5.74, 6) is -0.961. The Morgan fingerprint density at radius 3 is 2.64 bits per heavy atom. The van der Waals surface area contributed by atoms with Gasteiger partial charge in [-0.05, 0) is 30.3 Å². The Bertz CT molecular complexity index is 873. The SMILES string of the molecule is O=C(Nc1ccc(F)cc1)c1n[nH]c2ccc([N+](=O)[O-])cc12. The number of amides is 1. The molecule has 1 aromatic heterocycles. The summed E-state index contributed by atoms with van der Waals surface area (Å²) in [6.45, 7) is 0. The fourth-order valence-corrected chi connectivity index (χ4v) is 2.01. The Hall–Kier alpha value is -3.29. The van der Waals surface area contributed by atoms with Gasteiger partial charge in [0.05, 0.1) is 10.4 Å². The number of hydrogen-bond donors (Lipinski definition) is 2. The number of nitro benzene ring substituents is 1. The number of fused-ring (bicyclic) bond motifs is 1. The van der Waals surface area contributed by atoms with Gasteiger partial charge in [0.2, 0.25) is 0 Å². The zero-order valence-electron chi connectivity index (χ0n) is 11.0. The monoisotopic (exact) mass is 300 g/mol. The quantitative estimate of drug-likeness (QED) is 0.573. The second-order valence-corrected chi connectivity index (χ2v) is 4.52. The molecule has 0 spiro atoms. The van der Waals surface area contributed by atoms with Gasteiger partial charge < -0.3 is 5.32 Å². The molecule has 3 rings (SSSR count). The van der Waals surface area contributed by atoms with Crippen molar-refractivity contribution in [2.24, 2.45) is 0 Å². The van der Waals surface area contributed by atoms with Crippen molar-refractivity contribution < 1.29 is 14.1 Å². The number of rotatable bonds is 3. The van der Waals surface area contributed by atoms with Crippen LogP contribution in [0.1, 0.15) is 10.5 Å². The predicted molar refractivity (Wildman–Crippen MR) is 77.1 cm³/mol. The Labute approximate surface area is 122 Å². The minimum absolute atomic E-state index is 0.0306. The molecule has 0 saturated carbocycles. The number of H-pyrrole nitrogens is 1. The minimum Gasteiger partial charge on any atom is -0.321 e. The maximum Gasteiger partial charge on any atom is 0.276 e. The van der Waals surface area contributed by atoms with E-state index < -0.39 is 16.6 Å². The van der Waals surface area contributed by atoms with E-state index in [4.69, 9.17) is 0 Å². The third-order valence-corrected chi connectivity index (χ3v) is 3.07. The molecule has 0 bridgehead atoms. The molecule has 2 N–H and O–H groups in total. The first kappa shape index (κ1) is 13.7. The van der Waals surface area contributed by atoms with Crippen LogP contribution in [0.3, 0.4) is 0 Å². The van der Waals surface area contributed by atoms with Gasteiger partial charge in [-0.3, -0.25) is 20.0 Å². The molecule has 110 valence electrons. The molecule has 1 amide bonds. The third kappa shape index (κ3) is 2.49. The fraction of sp³-hybridized carbons (Fsp3) is 0.